The van der Waals surface area contributed by atoms with Crippen molar-refractivity contribution in [2.24, 2.45) is 0 Å². The number of hydrogen-bond donors (Lipinski definition) is 1. The Labute approximate surface area is 112 Å². The van der Waals surface area contributed by atoms with E-state index in [4.69, 9.17) is 18.9 Å². The SMILES string of the molecule is COc1cc(OC)c(C(O)C2=CCCO2)cc1OC. The first kappa shape index (κ1) is 13.5. The van der Waals surface area contributed by atoms with Gasteiger partial charge in [-0.15, -0.1) is 0 Å². The molecule has 0 spiro atoms. The smallest absolute Gasteiger partial charge is 0.164 e. The van der Waals surface area contributed by atoms with Crippen LogP contribution in [-0.2, 0) is 4.74 Å². The van der Waals surface area contributed by atoms with Gasteiger partial charge < -0.3 is 24.1 Å². The van der Waals surface area contributed by atoms with E-state index in [1.807, 2.05) is 6.08 Å². The summed E-state index contributed by atoms with van der Waals surface area (Å²) in [5, 5.41) is 10.3. The van der Waals surface area contributed by atoms with Crippen molar-refractivity contribution in [1.82, 2.24) is 0 Å². The van der Waals surface area contributed by atoms with Gasteiger partial charge in [0.05, 0.1) is 27.9 Å². The fraction of sp³-hybridized carbons (Fsp3) is 0.429. The van der Waals surface area contributed by atoms with Gasteiger partial charge in [0, 0.05) is 18.1 Å². The molecule has 1 aromatic rings. The Morgan fingerprint density at radius 1 is 1.05 bits per heavy atom. The van der Waals surface area contributed by atoms with Gasteiger partial charge in [0.2, 0.25) is 0 Å². The standard InChI is InChI=1S/C14H18O5/c1-16-11-8-13(18-3)12(17-2)7-9(11)14(15)10-5-4-6-19-10/h5,7-8,14-15H,4,6H2,1-3H3. The second-order valence-corrected chi connectivity index (χ2v) is 4.10. The van der Waals surface area contributed by atoms with Gasteiger partial charge in [0.15, 0.2) is 11.5 Å². The lowest BCUT2D eigenvalue weighted by Crippen LogP contribution is -2.06. The van der Waals surface area contributed by atoms with Crippen LogP contribution in [0.2, 0.25) is 0 Å². The van der Waals surface area contributed by atoms with Gasteiger partial charge in [-0.1, -0.05) is 0 Å². The van der Waals surface area contributed by atoms with Gasteiger partial charge in [-0.3, -0.25) is 0 Å². The van der Waals surface area contributed by atoms with E-state index < -0.39 is 6.10 Å². The van der Waals surface area contributed by atoms with Crippen LogP contribution in [0.5, 0.6) is 17.2 Å². The lowest BCUT2D eigenvalue weighted by atomic mass is 10.1. The van der Waals surface area contributed by atoms with Crippen molar-refractivity contribution in [3.8, 4) is 17.2 Å². The van der Waals surface area contributed by atoms with E-state index >= 15 is 0 Å². The molecule has 1 aromatic carbocycles. The van der Waals surface area contributed by atoms with Crippen LogP contribution < -0.4 is 14.2 Å². The van der Waals surface area contributed by atoms with Gasteiger partial charge in [-0.25, -0.2) is 0 Å². The van der Waals surface area contributed by atoms with Crippen LogP contribution >= 0.6 is 0 Å². The molecule has 2 rings (SSSR count). The van der Waals surface area contributed by atoms with E-state index in [0.717, 1.165) is 6.42 Å². The van der Waals surface area contributed by atoms with Crippen LogP contribution in [0.25, 0.3) is 0 Å². The lowest BCUT2D eigenvalue weighted by Gasteiger charge is -2.18. The molecule has 0 saturated heterocycles. The molecular weight excluding hydrogens is 248 g/mol. The Hall–Kier alpha value is -1.88. The molecule has 0 amide bonds. The Morgan fingerprint density at radius 3 is 2.21 bits per heavy atom. The van der Waals surface area contributed by atoms with Crippen molar-refractivity contribution in [1.29, 1.82) is 0 Å². The third kappa shape index (κ3) is 2.61. The van der Waals surface area contributed by atoms with Crippen LogP contribution in [0.3, 0.4) is 0 Å². The number of hydrogen-bond acceptors (Lipinski definition) is 5. The normalized spacial score (nSPS) is 15.5. The topological polar surface area (TPSA) is 57.2 Å². The molecule has 5 nitrogen and oxygen atoms in total. The third-order valence-corrected chi connectivity index (χ3v) is 3.03. The van der Waals surface area contributed by atoms with Crippen molar-refractivity contribution in [3.05, 3.63) is 29.5 Å². The molecule has 0 radical (unpaired) electrons. The number of benzene rings is 1. The highest BCUT2D eigenvalue weighted by molar-refractivity contribution is 5.52. The van der Waals surface area contributed by atoms with Gasteiger partial charge in [-0.2, -0.15) is 0 Å². The maximum atomic E-state index is 10.3. The summed E-state index contributed by atoms with van der Waals surface area (Å²) in [4.78, 5) is 0. The largest absolute Gasteiger partial charge is 0.496 e. The molecule has 0 saturated carbocycles. The lowest BCUT2D eigenvalue weighted by molar-refractivity contribution is 0.116. The van der Waals surface area contributed by atoms with E-state index in [1.54, 1.807) is 33.5 Å². The summed E-state index contributed by atoms with van der Waals surface area (Å²) < 4.78 is 21.1. The van der Waals surface area contributed by atoms with E-state index in [-0.39, 0.29) is 0 Å². The number of aliphatic hydroxyl groups is 1. The van der Waals surface area contributed by atoms with Gasteiger partial charge in [-0.05, 0) is 12.1 Å². The molecule has 0 aromatic heterocycles. The number of rotatable bonds is 5. The predicted molar refractivity (Wildman–Crippen MR) is 69.7 cm³/mol. The van der Waals surface area contributed by atoms with Crippen molar-refractivity contribution >= 4 is 0 Å². The monoisotopic (exact) mass is 266 g/mol. The van der Waals surface area contributed by atoms with Crippen molar-refractivity contribution in [2.45, 2.75) is 12.5 Å². The van der Waals surface area contributed by atoms with Gasteiger partial charge in [0.25, 0.3) is 0 Å². The minimum Gasteiger partial charge on any atom is -0.496 e. The first-order valence-electron chi connectivity index (χ1n) is 6.02. The molecule has 1 aliphatic heterocycles. The third-order valence-electron chi connectivity index (χ3n) is 3.03. The van der Waals surface area contributed by atoms with Crippen LogP contribution in [-0.4, -0.2) is 33.0 Å². The zero-order valence-corrected chi connectivity index (χ0v) is 11.3. The minimum atomic E-state index is -0.864. The Balaban J connectivity index is 2.42. The van der Waals surface area contributed by atoms with Crippen LogP contribution in [0, 0.1) is 0 Å². The summed E-state index contributed by atoms with van der Waals surface area (Å²) in [6, 6.07) is 3.39. The summed E-state index contributed by atoms with van der Waals surface area (Å²) in [6.45, 7) is 0.599. The molecule has 19 heavy (non-hydrogen) atoms. The zero-order chi connectivity index (χ0) is 13.8. The van der Waals surface area contributed by atoms with E-state index in [2.05, 4.69) is 0 Å². The second-order valence-electron chi connectivity index (χ2n) is 4.10. The fourth-order valence-electron chi connectivity index (χ4n) is 2.05. The summed E-state index contributed by atoms with van der Waals surface area (Å²) in [7, 11) is 4.64. The Morgan fingerprint density at radius 2 is 1.68 bits per heavy atom. The Bertz CT molecular complexity index is 481. The molecule has 0 fully saturated rings. The number of aliphatic hydroxyl groups excluding tert-OH is 1. The highest BCUT2D eigenvalue weighted by Gasteiger charge is 2.23. The fourth-order valence-corrected chi connectivity index (χ4v) is 2.05. The highest BCUT2D eigenvalue weighted by atomic mass is 16.5. The summed E-state index contributed by atoms with van der Waals surface area (Å²) in [5.74, 6) is 2.17. The van der Waals surface area contributed by atoms with Crippen molar-refractivity contribution in [3.63, 3.8) is 0 Å². The van der Waals surface area contributed by atoms with Crippen LogP contribution in [0.15, 0.2) is 24.0 Å². The molecule has 5 heteroatoms. The number of methoxy groups -OCH3 is 3. The molecule has 1 N–H and O–H groups in total. The predicted octanol–water partition coefficient (Wildman–Crippen LogP) is 2.05. The average Bonchev–Trinajstić information content (AvgIpc) is 2.99. The molecule has 0 aliphatic carbocycles. The molecule has 1 aliphatic rings. The molecule has 0 bridgehead atoms. The Kier molecular flexibility index (Phi) is 4.16. The molecule has 1 unspecified atom stereocenters. The quantitative estimate of drug-likeness (QED) is 0.884. The van der Waals surface area contributed by atoms with Gasteiger partial charge >= 0.3 is 0 Å². The van der Waals surface area contributed by atoms with Gasteiger partial charge in [0.1, 0.15) is 17.6 Å². The van der Waals surface area contributed by atoms with E-state index in [9.17, 15) is 5.11 Å². The first-order valence-corrected chi connectivity index (χ1v) is 6.02. The highest BCUT2D eigenvalue weighted by Crippen LogP contribution is 2.40. The number of ether oxygens (including phenoxy) is 4. The molecular formula is C14H18O5. The van der Waals surface area contributed by atoms with E-state index in [0.29, 0.717) is 35.2 Å². The maximum absolute atomic E-state index is 10.3. The van der Waals surface area contributed by atoms with Crippen LogP contribution in [0.1, 0.15) is 18.1 Å². The van der Waals surface area contributed by atoms with Crippen LogP contribution in [0.4, 0.5) is 0 Å². The average molecular weight is 266 g/mol. The zero-order valence-electron chi connectivity index (χ0n) is 11.3. The second kappa shape index (κ2) is 5.84. The summed E-state index contributed by atoms with van der Waals surface area (Å²) in [6.07, 6.45) is 1.82. The minimum absolute atomic E-state index is 0.529. The summed E-state index contributed by atoms with van der Waals surface area (Å²) in [5.41, 5.74) is 0.591. The van der Waals surface area contributed by atoms with E-state index in [1.165, 1.54) is 0 Å². The van der Waals surface area contributed by atoms with Crippen molar-refractivity contribution < 1.29 is 24.1 Å². The van der Waals surface area contributed by atoms with Crippen molar-refractivity contribution in [2.75, 3.05) is 27.9 Å². The summed E-state index contributed by atoms with van der Waals surface area (Å²) >= 11 is 0. The molecule has 104 valence electrons. The maximum Gasteiger partial charge on any atom is 0.164 e. The molecule has 1 heterocycles. The molecule has 1 atom stereocenters. The first-order chi connectivity index (χ1) is 9.21.